The molecule has 0 aliphatic rings. The van der Waals surface area contributed by atoms with Crippen LogP contribution >= 0.6 is 11.3 Å². The van der Waals surface area contributed by atoms with Gasteiger partial charge < -0.3 is 14.0 Å². The Labute approximate surface area is 171 Å². The van der Waals surface area contributed by atoms with Gasteiger partial charge in [-0.1, -0.05) is 29.5 Å². The Morgan fingerprint density at radius 2 is 1.86 bits per heavy atom. The number of amides is 1. The standard InChI is InChI=1S/C21H21FN2O4S/c1-3-27-15-10-8-14(9-11-15)12-18(25)23-21-24(13-19(26)28-4-2)20-16(22)6-5-7-17(20)29-21/h5-11H,3-4,12-13H2,1-2H3. The van der Waals surface area contributed by atoms with Crippen LogP contribution in [0.3, 0.4) is 0 Å². The third-order valence-electron chi connectivity index (χ3n) is 4.05. The number of fused-ring (bicyclic) bond motifs is 1. The summed E-state index contributed by atoms with van der Waals surface area (Å²) in [6, 6.07) is 11.8. The van der Waals surface area contributed by atoms with E-state index in [1.165, 1.54) is 10.6 Å². The first kappa shape index (κ1) is 20.7. The molecule has 0 fully saturated rings. The van der Waals surface area contributed by atoms with Crippen molar-refractivity contribution in [1.82, 2.24) is 4.57 Å². The van der Waals surface area contributed by atoms with E-state index in [-0.39, 0.29) is 29.9 Å². The van der Waals surface area contributed by atoms with Crippen molar-refractivity contribution in [3.63, 3.8) is 0 Å². The maximum atomic E-state index is 14.4. The number of carbonyl (C=O) groups excluding carboxylic acids is 2. The van der Waals surface area contributed by atoms with E-state index in [0.29, 0.717) is 11.3 Å². The van der Waals surface area contributed by atoms with Gasteiger partial charge in [0.05, 0.1) is 29.9 Å². The van der Waals surface area contributed by atoms with E-state index < -0.39 is 17.7 Å². The number of hydrogen-bond donors (Lipinski definition) is 0. The Hall–Kier alpha value is -3.00. The van der Waals surface area contributed by atoms with Gasteiger partial charge in [0.1, 0.15) is 18.1 Å². The maximum absolute atomic E-state index is 14.4. The zero-order valence-electron chi connectivity index (χ0n) is 16.2. The second-order valence-corrected chi connectivity index (χ2v) is 7.13. The number of rotatable bonds is 7. The van der Waals surface area contributed by atoms with Crippen LogP contribution in [0.15, 0.2) is 47.5 Å². The summed E-state index contributed by atoms with van der Waals surface area (Å²) in [5.41, 5.74) is 1.02. The Kier molecular flexibility index (Phi) is 6.77. The van der Waals surface area contributed by atoms with Gasteiger partial charge in [-0.25, -0.2) is 4.39 Å². The highest BCUT2D eigenvalue weighted by atomic mass is 32.1. The van der Waals surface area contributed by atoms with Crippen LogP contribution in [0.4, 0.5) is 4.39 Å². The van der Waals surface area contributed by atoms with Crippen molar-refractivity contribution < 1.29 is 23.5 Å². The number of halogens is 1. The molecule has 1 amide bonds. The number of carbonyl (C=O) groups is 2. The van der Waals surface area contributed by atoms with Gasteiger partial charge in [-0.2, -0.15) is 4.99 Å². The van der Waals surface area contributed by atoms with Crippen LogP contribution in [-0.2, 0) is 27.3 Å². The highest BCUT2D eigenvalue weighted by Crippen LogP contribution is 2.20. The van der Waals surface area contributed by atoms with Crippen LogP contribution in [-0.4, -0.2) is 29.7 Å². The van der Waals surface area contributed by atoms with Crippen LogP contribution in [0, 0.1) is 5.82 Å². The second kappa shape index (κ2) is 9.47. The number of esters is 1. The molecule has 3 aromatic rings. The summed E-state index contributed by atoms with van der Waals surface area (Å²) in [7, 11) is 0. The van der Waals surface area contributed by atoms with E-state index in [0.717, 1.165) is 22.6 Å². The summed E-state index contributed by atoms with van der Waals surface area (Å²) >= 11 is 1.15. The third-order valence-corrected chi connectivity index (χ3v) is 5.10. The first-order valence-electron chi connectivity index (χ1n) is 9.24. The predicted molar refractivity (Wildman–Crippen MR) is 108 cm³/mol. The van der Waals surface area contributed by atoms with Crippen LogP contribution in [0.25, 0.3) is 10.2 Å². The van der Waals surface area contributed by atoms with Gasteiger partial charge in [0, 0.05) is 0 Å². The fourth-order valence-electron chi connectivity index (χ4n) is 2.85. The number of thiazole rings is 1. The molecular formula is C21H21FN2O4S. The van der Waals surface area contributed by atoms with Crippen LogP contribution in [0.5, 0.6) is 5.75 Å². The Balaban J connectivity index is 1.92. The van der Waals surface area contributed by atoms with E-state index >= 15 is 0 Å². The Morgan fingerprint density at radius 3 is 2.55 bits per heavy atom. The highest BCUT2D eigenvalue weighted by Gasteiger charge is 2.15. The largest absolute Gasteiger partial charge is 0.494 e. The SMILES string of the molecule is CCOC(=O)Cn1c(=NC(=O)Cc2ccc(OCC)cc2)sc2cccc(F)c21. The minimum absolute atomic E-state index is 0.0859. The molecule has 1 heterocycles. The average Bonchev–Trinajstić information content (AvgIpc) is 3.02. The average molecular weight is 416 g/mol. The summed E-state index contributed by atoms with van der Waals surface area (Å²) in [6.07, 6.45) is 0.0859. The van der Waals surface area contributed by atoms with E-state index in [2.05, 4.69) is 4.99 Å². The molecule has 1 aromatic heterocycles. The molecule has 8 heteroatoms. The molecule has 0 saturated carbocycles. The number of benzene rings is 2. The van der Waals surface area contributed by atoms with Crippen LogP contribution in [0.1, 0.15) is 19.4 Å². The van der Waals surface area contributed by atoms with Gasteiger partial charge in [-0.05, 0) is 43.7 Å². The minimum atomic E-state index is -0.518. The molecule has 3 rings (SSSR count). The Morgan fingerprint density at radius 1 is 1.10 bits per heavy atom. The molecule has 0 bridgehead atoms. The number of aromatic nitrogens is 1. The normalized spacial score (nSPS) is 11.6. The number of ether oxygens (including phenoxy) is 2. The van der Waals surface area contributed by atoms with Crippen molar-refractivity contribution in [1.29, 1.82) is 0 Å². The lowest BCUT2D eigenvalue weighted by Gasteiger charge is -2.06. The first-order chi connectivity index (χ1) is 14.0. The summed E-state index contributed by atoms with van der Waals surface area (Å²) in [4.78, 5) is 28.9. The molecular weight excluding hydrogens is 395 g/mol. The minimum Gasteiger partial charge on any atom is -0.494 e. The van der Waals surface area contributed by atoms with Gasteiger partial charge in [-0.3, -0.25) is 9.59 Å². The molecule has 0 saturated heterocycles. The number of para-hydroxylation sites is 1. The van der Waals surface area contributed by atoms with Crippen LogP contribution < -0.4 is 9.54 Å². The molecule has 29 heavy (non-hydrogen) atoms. The van der Waals surface area contributed by atoms with Gasteiger partial charge in [0.2, 0.25) is 0 Å². The lowest BCUT2D eigenvalue weighted by Crippen LogP contribution is -2.23. The predicted octanol–water partition coefficient (Wildman–Crippen LogP) is 3.47. The smallest absolute Gasteiger partial charge is 0.326 e. The van der Waals surface area contributed by atoms with Crippen molar-refractivity contribution in [3.05, 3.63) is 58.6 Å². The fourth-order valence-corrected chi connectivity index (χ4v) is 3.91. The topological polar surface area (TPSA) is 69.9 Å². The van der Waals surface area contributed by atoms with Gasteiger partial charge >= 0.3 is 5.97 Å². The zero-order valence-corrected chi connectivity index (χ0v) is 17.0. The molecule has 0 spiro atoms. The molecule has 0 atom stereocenters. The molecule has 152 valence electrons. The van der Waals surface area contributed by atoms with E-state index in [4.69, 9.17) is 9.47 Å². The summed E-state index contributed by atoms with van der Waals surface area (Å²) in [5, 5.41) is 0. The maximum Gasteiger partial charge on any atom is 0.326 e. The van der Waals surface area contributed by atoms with E-state index in [9.17, 15) is 14.0 Å². The summed E-state index contributed by atoms with van der Waals surface area (Å²) in [6.45, 7) is 4.16. The molecule has 6 nitrogen and oxygen atoms in total. The van der Waals surface area contributed by atoms with E-state index in [1.54, 1.807) is 43.3 Å². The lowest BCUT2D eigenvalue weighted by atomic mass is 10.1. The molecule has 2 aromatic carbocycles. The van der Waals surface area contributed by atoms with E-state index in [1.807, 2.05) is 6.92 Å². The van der Waals surface area contributed by atoms with Crippen molar-refractivity contribution in [2.75, 3.05) is 13.2 Å². The Bertz CT molecular complexity index is 1090. The van der Waals surface area contributed by atoms with Crippen molar-refractivity contribution in [2.45, 2.75) is 26.8 Å². The monoisotopic (exact) mass is 416 g/mol. The molecule has 0 aliphatic heterocycles. The second-order valence-electron chi connectivity index (χ2n) is 6.12. The first-order valence-corrected chi connectivity index (χ1v) is 10.1. The number of nitrogens with zero attached hydrogens (tertiary/aromatic N) is 2. The summed E-state index contributed by atoms with van der Waals surface area (Å²) < 4.78 is 26.7. The van der Waals surface area contributed by atoms with Crippen molar-refractivity contribution in [3.8, 4) is 5.75 Å². The lowest BCUT2D eigenvalue weighted by molar-refractivity contribution is -0.143. The zero-order chi connectivity index (χ0) is 20.8. The van der Waals surface area contributed by atoms with Gasteiger partial charge in [-0.15, -0.1) is 0 Å². The van der Waals surface area contributed by atoms with Crippen LogP contribution in [0.2, 0.25) is 0 Å². The highest BCUT2D eigenvalue weighted by molar-refractivity contribution is 7.16. The molecule has 0 N–H and O–H groups in total. The fraction of sp³-hybridized carbons (Fsp3) is 0.286. The van der Waals surface area contributed by atoms with Crippen molar-refractivity contribution in [2.24, 2.45) is 4.99 Å². The van der Waals surface area contributed by atoms with Gasteiger partial charge in [0.15, 0.2) is 4.80 Å². The molecule has 0 radical (unpaired) electrons. The summed E-state index contributed by atoms with van der Waals surface area (Å²) in [5.74, 6) is -0.661. The molecule has 0 unspecified atom stereocenters. The third kappa shape index (κ3) is 5.08. The van der Waals surface area contributed by atoms with Crippen molar-refractivity contribution >= 4 is 33.4 Å². The van der Waals surface area contributed by atoms with Gasteiger partial charge in [0.25, 0.3) is 5.91 Å². The quantitative estimate of drug-likeness (QED) is 0.553. The number of hydrogen-bond acceptors (Lipinski definition) is 5. The molecule has 0 aliphatic carbocycles.